The fraction of sp³-hybridized carbons (Fsp3) is 0.500. The zero-order valence-corrected chi connectivity index (χ0v) is 14.8. The summed E-state index contributed by atoms with van der Waals surface area (Å²) in [7, 11) is 0. The van der Waals surface area contributed by atoms with Crippen molar-refractivity contribution in [3.05, 3.63) is 42.1 Å². The number of aliphatic hydroxyl groups excluding tert-OH is 1. The van der Waals surface area contributed by atoms with Gasteiger partial charge in [-0.1, -0.05) is 30.3 Å². The van der Waals surface area contributed by atoms with Gasteiger partial charge in [-0.3, -0.25) is 9.58 Å². The first-order chi connectivity index (χ1) is 12.2. The molecule has 1 saturated heterocycles. The van der Waals surface area contributed by atoms with Crippen molar-refractivity contribution in [2.24, 2.45) is 0 Å². The van der Waals surface area contributed by atoms with E-state index in [2.05, 4.69) is 29.3 Å². The van der Waals surface area contributed by atoms with Crippen LogP contribution in [-0.4, -0.2) is 38.5 Å². The summed E-state index contributed by atoms with van der Waals surface area (Å²) in [5.41, 5.74) is 3.31. The smallest absolute Gasteiger partial charge is 0.0968 e. The van der Waals surface area contributed by atoms with E-state index in [0.717, 1.165) is 37.2 Å². The summed E-state index contributed by atoms with van der Waals surface area (Å²) in [6, 6.07) is 12.8. The van der Waals surface area contributed by atoms with Crippen LogP contribution in [0, 0.1) is 11.3 Å². The van der Waals surface area contributed by atoms with Crippen LogP contribution in [0.4, 0.5) is 0 Å². The van der Waals surface area contributed by atoms with Crippen LogP contribution in [-0.2, 0) is 13.1 Å². The van der Waals surface area contributed by atoms with Gasteiger partial charge in [0.25, 0.3) is 0 Å². The first-order valence-electron chi connectivity index (χ1n) is 9.08. The highest BCUT2D eigenvalue weighted by Gasteiger charge is 2.27. The van der Waals surface area contributed by atoms with E-state index in [-0.39, 0.29) is 6.10 Å². The molecule has 25 heavy (non-hydrogen) atoms. The lowest BCUT2D eigenvalue weighted by Gasteiger charge is -2.25. The number of likely N-dealkylation sites (tertiary alicyclic amines) is 1. The lowest BCUT2D eigenvalue weighted by molar-refractivity contribution is 0.131. The van der Waals surface area contributed by atoms with E-state index in [1.54, 1.807) is 0 Å². The molecule has 0 radical (unpaired) electrons. The predicted molar refractivity (Wildman–Crippen MR) is 97.6 cm³/mol. The van der Waals surface area contributed by atoms with Crippen LogP contribution in [0.2, 0.25) is 0 Å². The van der Waals surface area contributed by atoms with Gasteiger partial charge >= 0.3 is 0 Å². The summed E-state index contributed by atoms with van der Waals surface area (Å²) < 4.78 is 1.89. The van der Waals surface area contributed by atoms with E-state index >= 15 is 0 Å². The molecule has 3 rings (SSSR count). The van der Waals surface area contributed by atoms with Crippen LogP contribution < -0.4 is 0 Å². The minimum atomic E-state index is -0.266. The molecular formula is C20H26N4O. The standard InChI is InChI=1S/C20H26N4O/c1-16(25)13-19-9-5-11-23(19)14-18-15-24(12-6-10-21)22-20(18)17-7-3-2-4-8-17/h2-4,7-8,15-16,19,25H,5-6,9,11-14H2,1H3. The zero-order valence-electron chi connectivity index (χ0n) is 14.8. The number of rotatable bonds is 7. The molecule has 1 fully saturated rings. The molecular weight excluding hydrogens is 312 g/mol. The fourth-order valence-corrected chi connectivity index (χ4v) is 3.68. The summed E-state index contributed by atoms with van der Waals surface area (Å²) >= 11 is 0. The lowest BCUT2D eigenvalue weighted by Crippen LogP contribution is -2.31. The Morgan fingerprint density at radius 1 is 1.36 bits per heavy atom. The molecule has 2 heterocycles. The van der Waals surface area contributed by atoms with Crippen molar-refractivity contribution in [1.82, 2.24) is 14.7 Å². The lowest BCUT2D eigenvalue weighted by atomic mass is 10.1. The van der Waals surface area contributed by atoms with Gasteiger partial charge in [-0.25, -0.2) is 0 Å². The van der Waals surface area contributed by atoms with Crippen LogP contribution in [0.15, 0.2) is 36.5 Å². The highest BCUT2D eigenvalue weighted by molar-refractivity contribution is 5.62. The molecule has 0 bridgehead atoms. The SMILES string of the molecule is CC(O)CC1CCCN1Cc1cn(CCC#N)nc1-c1ccccc1. The topological polar surface area (TPSA) is 65.1 Å². The van der Waals surface area contributed by atoms with Crippen molar-refractivity contribution >= 4 is 0 Å². The molecule has 2 aromatic rings. The molecule has 5 nitrogen and oxygen atoms in total. The number of hydrogen-bond donors (Lipinski definition) is 1. The normalized spacial score (nSPS) is 19.0. The molecule has 0 aliphatic carbocycles. The number of nitriles is 1. The quantitative estimate of drug-likeness (QED) is 0.842. The predicted octanol–water partition coefficient (Wildman–Crippen LogP) is 3.20. The molecule has 2 unspecified atom stereocenters. The van der Waals surface area contributed by atoms with Crippen LogP contribution in [0.1, 0.15) is 38.2 Å². The van der Waals surface area contributed by atoms with Crippen molar-refractivity contribution in [3.63, 3.8) is 0 Å². The summed E-state index contributed by atoms with van der Waals surface area (Å²) in [6.45, 7) is 4.39. The van der Waals surface area contributed by atoms with Gasteiger partial charge in [0.05, 0.1) is 30.8 Å². The van der Waals surface area contributed by atoms with Gasteiger partial charge < -0.3 is 5.11 Å². The highest BCUT2D eigenvalue weighted by atomic mass is 16.3. The average molecular weight is 338 g/mol. The highest BCUT2D eigenvalue weighted by Crippen LogP contribution is 2.28. The Morgan fingerprint density at radius 2 is 2.16 bits per heavy atom. The number of nitrogens with zero attached hydrogens (tertiary/aromatic N) is 4. The molecule has 5 heteroatoms. The summed E-state index contributed by atoms with van der Waals surface area (Å²) in [6.07, 6.45) is 5.43. The maximum atomic E-state index is 9.76. The van der Waals surface area contributed by atoms with E-state index in [4.69, 9.17) is 10.4 Å². The van der Waals surface area contributed by atoms with Gasteiger partial charge in [-0.2, -0.15) is 10.4 Å². The molecule has 2 atom stereocenters. The molecule has 1 aliphatic rings. The molecule has 0 saturated carbocycles. The Bertz CT molecular complexity index is 717. The average Bonchev–Trinajstić information content (AvgIpc) is 3.21. The molecule has 1 aliphatic heterocycles. The first kappa shape index (κ1) is 17.7. The monoisotopic (exact) mass is 338 g/mol. The second kappa shape index (κ2) is 8.28. The van der Waals surface area contributed by atoms with E-state index in [1.165, 1.54) is 12.0 Å². The largest absolute Gasteiger partial charge is 0.393 e. The Morgan fingerprint density at radius 3 is 2.88 bits per heavy atom. The minimum Gasteiger partial charge on any atom is -0.393 e. The maximum absolute atomic E-state index is 9.76. The number of aryl methyl sites for hydroxylation is 1. The Labute approximate surface area is 149 Å². The van der Waals surface area contributed by atoms with Crippen molar-refractivity contribution in [2.75, 3.05) is 6.54 Å². The Balaban J connectivity index is 1.84. The van der Waals surface area contributed by atoms with Crippen LogP contribution in [0.5, 0.6) is 0 Å². The van der Waals surface area contributed by atoms with Crippen LogP contribution >= 0.6 is 0 Å². The molecule has 1 N–H and O–H groups in total. The van der Waals surface area contributed by atoms with Gasteiger partial charge in [0.15, 0.2) is 0 Å². The van der Waals surface area contributed by atoms with Crippen molar-refractivity contribution in [2.45, 2.75) is 57.8 Å². The maximum Gasteiger partial charge on any atom is 0.0968 e. The van der Waals surface area contributed by atoms with Gasteiger partial charge in [0.1, 0.15) is 0 Å². The summed E-state index contributed by atoms with van der Waals surface area (Å²) in [5.74, 6) is 0. The van der Waals surface area contributed by atoms with E-state index in [1.807, 2.05) is 29.8 Å². The van der Waals surface area contributed by atoms with Crippen molar-refractivity contribution < 1.29 is 5.11 Å². The van der Waals surface area contributed by atoms with Gasteiger partial charge in [0, 0.05) is 29.9 Å². The van der Waals surface area contributed by atoms with E-state index in [9.17, 15) is 5.11 Å². The fourth-order valence-electron chi connectivity index (χ4n) is 3.68. The van der Waals surface area contributed by atoms with Gasteiger partial charge in [0.2, 0.25) is 0 Å². The number of benzene rings is 1. The van der Waals surface area contributed by atoms with Crippen molar-refractivity contribution in [1.29, 1.82) is 5.26 Å². The first-order valence-corrected chi connectivity index (χ1v) is 9.08. The third-order valence-electron chi connectivity index (χ3n) is 4.82. The molecule has 0 spiro atoms. The molecule has 0 amide bonds. The minimum absolute atomic E-state index is 0.266. The van der Waals surface area contributed by atoms with Crippen molar-refractivity contribution in [3.8, 4) is 17.3 Å². The van der Waals surface area contributed by atoms with E-state index in [0.29, 0.717) is 19.0 Å². The Kier molecular flexibility index (Phi) is 5.85. The molecule has 1 aromatic carbocycles. The third-order valence-corrected chi connectivity index (χ3v) is 4.82. The number of aromatic nitrogens is 2. The van der Waals surface area contributed by atoms with Crippen LogP contribution in [0.25, 0.3) is 11.3 Å². The summed E-state index contributed by atoms with van der Waals surface area (Å²) in [5, 5.41) is 23.3. The summed E-state index contributed by atoms with van der Waals surface area (Å²) in [4.78, 5) is 2.46. The second-order valence-electron chi connectivity index (χ2n) is 6.89. The molecule has 1 aromatic heterocycles. The molecule has 132 valence electrons. The number of aliphatic hydroxyl groups is 1. The zero-order chi connectivity index (χ0) is 17.6. The van der Waals surface area contributed by atoms with Gasteiger partial charge in [-0.05, 0) is 32.7 Å². The number of hydrogen-bond acceptors (Lipinski definition) is 4. The Hall–Kier alpha value is -2.16. The van der Waals surface area contributed by atoms with Crippen LogP contribution in [0.3, 0.4) is 0 Å². The van der Waals surface area contributed by atoms with E-state index < -0.39 is 0 Å². The van der Waals surface area contributed by atoms with Gasteiger partial charge in [-0.15, -0.1) is 0 Å². The third kappa shape index (κ3) is 4.47. The second-order valence-corrected chi connectivity index (χ2v) is 6.89.